The molecule has 8 nitrogen and oxygen atoms in total. The molecule has 34 heavy (non-hydrogen) atoms. The third-order valence-electron chi connectivity index (χ3n) is 6.54. The summed E-state index contributed by atoms with van der Waals surface area (Å²) in [4.78, 5) is 15.5. The SMILES string of the molecule is CCc1ccc(S(=O)(=O)N2CCN(c3cc(OC)cc(OC)c3)CC2C(=O)NCC2CC2)cc1. The van der Waals surface area contributed by atoms with Crippen molar-refractivity contribution in [1.29, 1.82) is 0 Å². The zero-order valence-corrected chi connectivity index (χ0v) is 20.8. The van der Waals surface area contributed by atoms with Crippen LogP contribution in [0.15, 0.2) is 47.4 Å². The number of sulfonamides is 1. The first-order valence-electron chi connectivity index (χ1n) is 11.7. The highest BCUT2D eigenvalue weighted by Gasteiger charge is 2.40. The van der Waals surface area contributed by atoms with Gasteiger partial charge in [0.2, 0.25) is 15.9 Å². The van der Waals surface area contributed by atoms with Crippen molar-refractivity contribution in [2.24, 2.45) is 5.92 Å². The van der Waals surface area contributed by atoms with Crippen LogP contribution in [0.1, 0.15) is 25.3 Å². The molecule has 0 aromatic heterocycles. The fourth-order valence-corrected chi connectivity index (χ4v) is 5.76. The number of rotatable bonds is 9. The standard InChI is InChI=1S/C25H33N3O5S/c1-4-18-7-9-23(10-8-18)34(30,31)28-12-11-27(17-24(28)25(29)26-16-19-5-6-19)20-13-21(32-2)15-22(14-20)33-3/h7-10,13-15,19,24H,4-6,11-12,16-17H2,1-3H3,(H,26,29). The van der Waals surface area contributed by atoms with Gasteiger partial charge in [0, 0.05) is 50.1 Å². The molecule has 1 heterocycles. The van der Waals surface area contributed by atoms with E-state index in [0.29, 0.717) is 30.5 Å². The number of carbonyl (C=O) groups excluding carboxylic acids is 1. The van der Waals surface area contributed by atoms with Gasteiger partial charge in [-0.3, -0.25) is 4.79 Å². The summed E-state index contributed by atoms with van der Waals surface area (Å²) in [5, 5.41) is 2.98. The molecule has 1 saturated carbocycles. The number of hydrogen-bond donors (Lipinski definition) is 1. The van der Waals surface area contributed by atoms with Gasteiger partial charge in [0.05, 0.1) is 19.1 Å². The molecule has 9 heteroatoms. The van der Waals surface area contributed by atoms with E-state index in [0.717, 1.165) is 30.5 Å². The van der Waals surface area contributed by atoms with E-state index in [1.54, 1.807) is 32.4 Å². The van der Waals surface area contributed by atoms with E-state index in [9.17, 15) is 13.2 Å². The second-order valence-electron chi connectivity index (χ2n) is 8.83. The van der Waals surface area contributed by atoms with Crippen molar-refractivity contribution >= 4 is 21.6 Å². The maximum Gasteiger partial charge on any atom is 0.243 e. The number of ether oxygens (including phenoxy) is 2. The lowest BCUT2D eigenvalue weighted by molar-refractivity contribution is -0.125. The van der Waals surface area contributed by atoms with Crippen LogP contribution in [0.3, 0.4) is 0 Å². The van der Waals surface area contributed by atoms with Gasteiger partial charge >= 0.3 is 0 Å². The Morgan fingerprint density at radius 3 is 2.24 bits per heavy atom. The summed E-state index contributed by atoms with van der Waals surface area (Å²) in [5.41, 5.74) is 1.88. The Morgan fingerprint density at radius 1 is 1.03 bits per heavy atom. The van der Waals surface area contributed by atoms with Gasteiger partial charge in [-0.2, -0.15) is 4.31 Å². The molecule has 1 aliphatic heterocycles. The van der Waals surface area contributed by atoms with E-state index in [2.05, 4.69) is 5.32 Å². The van der Waals surface area contributed by atoms with Crippen LogP contribution >= 0.6 is 0 Å². The van der Waals surface area contributed by atoms with Crippen molar-refractivity contribution in [3.63, 3.8) is 0 Å². The Hall–Kier alpha value is -2.78. The number of anilines is 1. The largest absolute Gasteiger partial charge is 0.497 e. The summed E-state index contributed by atoms with van der Waals surface area (Å²) >= 11 is 0. The predicted molar refractivity (Wildman–Crippen MR) is 131 cm³/mol. The predicted octanol–water partition coefficient (Wildman–Crippen LogP) is 2.67. The minimum atomic E-state index is -3.84. The van der Waals surface area contributed by atoms with Gasteiger partial charge in [0.1, 0.15) is 17.5 Å². The fraction of sp³-hybridized carbons (Fsp3) is 0.480. The van der Waals surface area contributed by atoms with Crippen molar-refractivity contribution < 1.29 is 22.7 Å². The number of nitrogens with one attached hydrogen (secondary N) is 1. The van der Waals surface area contributed by atoms with Crippen LogP contribution in [-0.4, -0.2) is 65.1 Å². The Morgan fingerprint density at radius 2 is 1.68 bits per heavy atom. The molecule has 2 fully saturated rings. The Labute approximate surface area is 201 Å². The zero-order valence-electron chi connectivity index (χ0n) is 20.0. The summed E-state index contributed by atoms with van der Waals surface area (Å²) in [7, 11) is -0.670. The average Bonchev–Trinajstić information content (AvgIpc) is 3.71. The van der Waals surface area contributed by atoms with E-state index in [1.807, 2.05) is 36.1 Å². The van der Waals surface area contributed by atoms with Gasteiger partial charge in [0.25, 0.3) is 0 Å². The normalized spacial score (nSPS) is 19.0. The average molecular weight is 488 g/mol. The second kappa shape index (κ2) is 10.2. The summed E-state index contributed by atoms with van der Waals surface area (Å²) in [5.74, 6) is 1.50. The number of carbonyl (C=O) groups is 1. The number of hydrogen-bond acceptors (Lipinski definition) is 6. The van der Waals surface area contributed by atoms with Gasteiger partial charge in [-0.25, -0.2) is 8.42 Å². The number of amides is 1. The van der Waals surface area contributed by atoms with Crippen LogP contribution in [0.25, 0.3) is 0 Å². The number of benzene rings is 2. The van der Waals surface area contributed by atoms with Crippen LogP contribution in [-0.2, 0) is 21.2 Å². The topological polar surface area (TPSA) is 88.2 Å². The first kappa shape index (κ1) is 24.3. The van der Waals surface area contributed by atoms with Crippen LogP contribution < -0.4 is 19.7 Å². The summed E-state index contributed by atoms with van der Waals surface area (Å²) in [6.07, 6.45) is 3.04. The summed E-state index contributed by atoms with van der Waals surface area (Å²) in [6.45, 7) is 3.48. The highest BCUT2D eigenvalue weighted by molar-refractivity contribution is 7.89. The van der Waals surface area contributed by atoms with E-state index in [-0.39, 0.29) is 23.9 Å². The molecular formula is C25H33N3O5S. The molecule has 0 bridgehead atoms. The van der Waals surface area contributed by atoms with Crippen molar-refractivity contribution in [3.8, 4) is 11.5 Å². The minimum absolute atomic E-state index is 0.193. The van der Waals surface area contributed by atoms with E-state index in [4.69, 9.17) is 9.47 Å². The van der Waals surface area contributed by atoms with E-state index >= 15 is 0 Å². The first-order chi connectivity index (χ1) is 16.3. The molecule has 1 unspecified atom stereocenters. The highest BCUT2D eigenvalue weighted by Crippen LogP contribution is 2.32. The third kappa shape index (κ3) is 5.31. The monoisotopic (exact) mass is 487 g/mol. The highest BCUT2D eigenvalue weighted by atomic mass is 32.2. The van der Waals surface area contributed by atoms with Crippen molar-refractivity contribution in [2.75, 3.05) is 45.3 Å². The first-order valence-corrected chi connectivity index (χ1v) is 13.2. The lowest BCUT2D eigenvalue weighted by Gasteiger charge is -2.40. The van der Waals surface area contributed by atoms with Gasteiger partial charge in [-0.1, -0.05) is 19.1 Å². The summed E-state index contributed by atoms with van der Waals surface area (Å²) < 4.78 is 39.3. The lowest BCUT2D eigenvalue weighted by Crippen LogP contribution is -2.60. The molecule has 4 rings (SSSR count). The number of methoxy groups -OCH3 is 2. The maximum atomic E-state index is 13.6. The second-order valence-corrected chi connectivity index (χ2v) is 10.7. The van der Waals surface area contributed by atoms with Crippen molar-refractivity contribution in [2.45, 2.75) is 37.1 Å². The van der Waals surface area contributed by atoms with Crippen molar-refractivity contribution in [1.82, 2.24) is 9.62 Å². The number of piperazine rings is 1. The molecule has 0 spiro atoms. The molecule has 1 amide bonds. The Balaban J connectivity index is 1.62. The zero-order chi connectivity index (χ0) is 24.3. The molecule has 2 aromatic carbocycles. The summed E-state index contributed by atoms with van der Waals surface area (Å²) in [6, 6.07) is 11.6. The van der Waals surface area contributed by atoms with Gasteiger partial charge in [0.15, 0.2) is 0 Å². The van der Waals surface area contributed by atoms with Gasteiger partial charge in [-0.05, 0) is 42.9 Å². The van der Waals surface area contributed by atoms with Crippen LogP contribution in [0, 0.1) is 5.92 Å². The molecule has 2 aromatic rings. The fourth-order valence-electron chi connectivity index (χ4n) is 4.19. The van der Waals surface area contributed by atoms with Crippen LogP contribution in [0.5, 0.6) is 11.5 Å². The quantitative estimate of drug-likeness (QED) is 0.585. The Bertz CT molecular complexity index is 1090. The molecule has 2 aliphatic rings. The molecule has 0 radical (unpaired) electrons. The van der Waals surface area contributed by atoms with Crippen LogP contribution in [0.4, 0.5) is 5.69 Å². The Kier molecular flexibility index (Phi) is 7.33. The maximum absolute atomic E-state index is 13.6. The van der Waals surface area contributed by atoms with E-state index in [1.165, 1.54) is 4.31 Å². The van der Waals surface area contributed by atoms with Crippen molar-refractivity contribution in [3.05, 3.63) is 48.0 Å². The molecule has 1 saturated heterocycles. The minimum Gasteiger partial charge on any atom is -0.497 e. The van der Waals surface area contributed by atoms with Gasteiger partial charge < -0.3 is 19.7 Å². The molecule has 1 N–H and O–H groups in total. The smallest absolute Gasteiger partial charge is 0.243 e. The number of aryl methyl sites for hydroxylation is 1. The third-order valence-corrected chi connectivity index (χ3v) is 8.46. The number of nitrogens with zero attached hydrogens (tertiary/aromatic N) is 2. The van der Waals surface area contributed by atoms with Gasteiger partial charge in [-0.15, -0.1) is 0 Å². The lowest BCUT2D eigenvalue weighted by atomic mass is 10.1. The molecule has 1 atom stereocenters. The van der Waals surface area contributed by atoms with E-state index < -0.39 is 16.1 Å². The van der Waals surface area contributed by atoms with Crippen LogP contribution in [0.2, 0.25) is 0 Å². The molecule has 1 aliphatic carbocycles. The molecular weight excluding hydrogens is 454 g/mol. The molecule has 184 valence electrons.